The van der Waals surface area contributed by atoms with Crippen LogP contribution in [0.5, 0.6) is 5.75 Å². The molecular formula is C12H16O3. The monoisotopic (exact) mass is 208 g/mol. The van der Waals surface area contributed by atoms with E-state index in [9.17, 15) is 0 Å². The maximum atomic E-state index is 5.70. The van der Waals surface area contributed by atoms with Gasteiger partial charge in [0.25, 0.3) is 0 Å². The maximum Gasteiger partial charge on any atom is 0.188 e. The first-order valence-electron chi connectivity index (χ1n) is 5.16. The van der Waals surface area contributed by atoms with Gasteiger partial charge in [-0.15, -0.1) is 0 Å². The third-order valence-corrected chi connectivity index (χ3v) is 2.73. The minimum absolute atomic E-state index is 0.125. The van der Waals surface area contributed by atoms with Crippen LogP contribution in [0.2, 0.25) is 0 Å². The number of hydrogen-bond donors (Lipinski definition) is 0. The Bertz CT molecular complexity index is 327. The summed E-state index contributed by atoms with van der Waals surface area (Å²) in [5.41, 5.74) is 0.955. The van der Waals surface area contributed by atoms with E-state index in [-0.39, 0.29) is 18.5 Å². The third kappa shape index (κ3) is 1.98. The van der Waals surface area contributed by atoms with Crippen molar-refractivity contribution in [1.82, 2.24) is 0 Å². The molecule has 0 amide bonds. The first-order valence-corrected chi connectivity index (χ1v) is 5.16. The van der Waals surface area contributed by atoms with E-state index in [0.717, 1.165) is 11.3 Å². The summed E-state index contributed by atoms with van der Waals surface area (Å²) in [5.74, 6) is 0.809. The molecule has 82 valence electrons. The predicted molar refractivity (Wildman–Crippen MR) is 56.8 cm³/mol. The van der Waals surface area contributed by atoms with E-state index in [1.54, 1.807) is 7.11 Å². The van der Waals surface area contributed by atoms with Gasteiger partial charge < -0.3 is 14.2 Å². The molecule has 0 radical (unpaired) electrons. The fraction of sp³-hybridized carbons (Fsp3) is 0.500. The zero-order valence-electron chi connectivity index (χ0n) is 9.27. The van der Waals surface area contributed by atoms with E-state index in [4.69, 9.17) is 14.2 Å². The Morgan fingerprint density at radius 3 is 2.27 bits per heavy atom. The summed E-state index contributed by atoms with van der Waals surface area (Å²) in [5, 5.41) is 0. The summed E-state index contributed by atoms with van der Waals surface area (Å²) in [7, 11) is 1.65. The van der Waals surface area contributed by atoms with Crippen molar-refractivity contribution in [3.05, 3.63) is 29.8 Å². The molecule has 2 atom stereocenters. The molecule has 1 heterocycles. The van der Waals surface area contributed by atoms with Gasteiger partial charge in [0.1, 0.15) is 5.75 Å². The van der Waals surface area contributed by atoms with Gasteiger partial charge >= 0.3 is 0 Å². The number of ether oxygens (including phenoxy) is 3. The lowest BCUT2D eigenvalue weighted by Gasteiger charge is -2.13. The predicted octanol–water partition coefficient (Wildman–Crippen LogP) is 2.52. The van der Waals surface area contributed by atoms with Crippen LogP contribution in [0.3, 0.4) is 0 Å². The molecule has 1 fully saturated rings. The normalized spacial score (nSPS) is 26.9. The number of rotatable bonds is 2. The SMILES string of the molecule is COc1ccccc1C1O[C@H](C)[C@@H](C)O1. The van der Waals surface area contributed by atoms with Crippen LogP contribution in [0.15, 0.2) is 24.3 Å². The fourth-order valence-electron chi connectivity index (χ4n) is 1.65. The Kier molecular flexibility index (Phi) is 2.93. The van der Waals surface area contributed by atoms with Crippen molar-refractivity contribution in [2.24, 2.45) is 0 Å². The Balaban J connectivity index is 2.23. The highest BCUT2D eigenvalue weighted by atomic mass is 16.7. The topological polar surface area (TPSA) is 27.7 Å². The van der Waals surface area contributed by atoms with Gasteiger partial charge in [-0.1, -0.05) is 18.2 Å². The molecule has 0 spiro atoms. The molecule has 0 N–H and O–H groups in total. The lowest BCUT2D eigenvalue weighted by molar-refractivity contribution is -0.0664. The first kappa shape index (κ1) is 10.5. The lowest BCUT2D eigenvalue weighted by atomic mass is 10.2. The highest BCUT2D eigenvalue weighted by Gasteiger charge is 2.32. The zero-order valence-corrected chi connectivity index (χ0v) is 9.27. The molecule has 3 nitrogen and oxygen atoms in total. The van der Waals surface area contributed by atoms with Crippen molar-refractivity contribution in [3.63, 3.8) is 0 Å². The van der Waals surface area contributed by atoms with Crippen LogP contribution in [0, 0.1) is 0 Å². The van der Waals surface area contributed by atoms with E-state index in [1.165, 1.54) is 0 Å². The Morgan fingerprint density at radius 2 is 1.67 bits per heavy atom. The van der Waals surface area contributed by atoms with E-state index in [0.29, 0.717) is 0 Å². The van der Waals surface area contributed by atoms with E-state index >= 15 is 0 Å². The van der Waals surface area contributed by atoms with Crippen LogP contribution < -0.4 is 4.74 Å². The molecule has 0 aromatic heterocycles. The highest BCUT2D eigenvalue weighted by molar-refractivity contribution is 5.34. The summed E-state index contributed by atoms with van der Waals surface area (Å²) >= 11 is 0. The second kappa shape index (κ2) is 4.21. The highest BCUT2D eigenvalue weighted by Crippen LogP contribution is 2.35. The Hall–Kier alpha value is -1.06. The summed E-state index contributed by atoms with van der Waals surface area (Å²) < 4.78 is 16.7. The van der Waals surface area contributed by atoms with Crippen molar-refractivity contribution < 1.29 is 14.2 Å². The molecule has 3 heteroatoms. The van der Waals surface area contributed by atoms with E-state index in [1.807, 2.05) is 38.1 Å². The van der Waals surface area contributed by atoms with Crippen LogP contribution >= 0.6 is 0 Å². The fourth-order valence-corrected chi connectivity index (χ4v) is 1.65. The minimum Gasteiger partial charge on any atom is -0.496 e. The van der Waals surface area contributed by atoms with Gasteiger partial charge in [-0.2, -0.15) is 0 Å². The van der Waals surface area contributed by atoms with Crippen LogP contribution in [-0.2, 0) is 9.47 Å². The molecular weight excluding hydrogens is 192 g/mol. The van der Waals surface area contributed by atoms with Crippen LogP contribution in [0.4, 0.5) is 0 Å². The van der Waals surface area contributed by atoms with Gasteiger partial charge in [0.15, 0.2) is 6.29 Å². The molecule has 2 rings (SSSR count). The summed E-state index contributed by atoms with van der Waals surface area (Å²) in [6.45, 7) is 4.03. The minimum atomic E-state index is -0.300. The molecule has 0 unspecified atom stereocenters. The smallest absolute Gasteiger partial charge is 0.188 e. The molecule has 1 saturated heterocycles. The average molecular weight is 208 g/mol. The Morgan fingerprint density at radius 1 is 1.07 bits per heavy atom. The summed E-state index contributed by atoms with van der Waals surface area (Å²) in [4.78, 5) is 0. The molecule has 1 aliphatic rings. The van der Waals surface area contributed by atoms with Crippen molar-refractivity contribution in [1.29, 1.82) is 0 Å². The second-order valence-corrected chi connectivity index (χ2v) is 3.76. The average Bonchev–Trinajstić information content (AvgIpc) is 2.59. The van der Waals surface area contributed by atoms with Crippen molar-refractivity contribution in [2.45, 2.75) is 32.3 Å². The van der Waals surface area contributed by atoms with Gasteiger partial charge in [-0.3, -0.25) is 0 Å². The lowest BCUT2D eigenvalue weighted by Crippen LogP contribution is -2.13. The van der Waals surface area contributed by atoms with Crippen molar-refractivity contribution in [2.75, 3.05) is 7.11 Å². The largest absolute Gasteiger partial charge is 0.496 e. The summed E-state index contributed by atoms with van der Waals surface area (Å²) in [6, 6.07) is 7.77. The molecule has 1 aromatic rings. The standard InChI is InChI=1S/C12H16O3/c1-8-9(2)15-12(14-8)10-6-4-5-7-11(10)13-3/h4-9,12H,1-3H3/t8-,9-/m1/s1. The Labute approximate surface area is 90.0 Å². The molecule has 0 bridgehead atoms. The number of hydrogen-bond acceptors (Lipinski definition) is 3. The third-order valence-electron chi connectivity index (χ3n) is 2.73. The number of para-hydroxylation sites is 1. The first-order chi connectivity index (χ1) is 7.22. The van der Waals surface area contributed by atoms with Gasteiger partial charge in [0, 0.05) is 5.56 Å². The van der Waals surface area contributed by atoms with Gasteiger partial charge in [0.2, 0.25) is 0 Å². The zero-order chi connectivity index (χ0) is 10.8. The number of methoxy groups -OCH3 is 1. The van der Waals surface area contributed by atoms with Crippen LogP contribution in [-0.4, -0.2) is 19.3 Å². The molecule has 0 aliphatic carbocycles. The van der Waals surface area contributed by atoms with E-state index in [2.05, 4.69) is 0 Å². The van der Waals surface area contributed by atoms with Gasteiger partial charge in [0.05, 0.1) is 19.3 Å². The molecule has 0 saturated carbocycles. The molecule has 1 aliphatic heterocycles. The molecule has 1 aromatic carbocycles. The van der Waals surface area contributed by atoms with Gasteiger partial charge in [-0.05, 0) is 19.9 Å². The van der Waals surface area contributed by atoms with Crippen LogP contribution in [0.25, 0.3) is 0 Å². The van der Waals surface area contributed by atoms with E-state index < -0.39 is 0 Å². The van der Waals surface area contributed by atoms with Crippen molar-refractivity contribution in [3.8, 4) is 5.75 Å². The quantitative estimate of drug-likeness (QED) is 0.747. The number of benzene rings is 1. The van der Waals surface area contributed by atoms with Gasteiger partial charge in [-0.25, -0.2) is 0 Å². The van der Waals surface area contributed by atoms with Crippen LogP contribution in [0.1, 0.15) is 25.7 Å². The summed E-state index contributed by atoms with van der Waals surface area (Å²) in [6.07, 6.45) is -0.0500. The maximum absolute atomic E-state index is 5.70. The second-order valence-electron chi connectivity index (χ2n) is 3.76. The molecule has 15 heavy (non-hydrogen) atoms. The van der Waals surface area contributed by atoms with Crippen molar-refractivity contribution >= 4 is 0 Å².